The Labute approximate surface area is 114 Å². The molecule has 1 N–H and O–H groups in total. The molecule has 19 heavy (non-hydrogen) atoms. The van der Waals surface area contributed by atoms with Crippen molar-refractivity contribution in [2.24, 2.45) is 5.92 Å². The molecule has 2 nitrogen and oxygen atoms in total. The predicted molar refractivity (Wildman–Crippen MR) is 73.5 cm³/mol. The van der Waals surface area contributed by atoms with Crippen LogP contribution in [0, 0.1) is 11.7 Å². The topological polar surface area (TPSA) is 15.3 Å². The molecule has 3 heteroatoms. The summed E-state index contributed by atoms with van der Waals surface area (Å²) in [4.78, 5) is 2.71. The normalized spacial score (nSPS) is 34.3. The molecule has 2 aliphatic heterocycles. The number of hydrogen-bond acceptors (Lipinski definition) is 2. The lowest BCUT2D eigenvalue weighted by Gasteiger charge is -2.41. The molecule has 4 rings (SSSR count). The molecule has 0 amide bonds. The average molecular weight is 260 g/mol. The van der Waals surface area contributed by atoms with Crippen molar-refractivity contribution in [1.82, 2.24) is 10.2 Å². The Morgan fingerprint density at radius 3 is 3.11 bits per heavy atom. The fourth-order valence-corrected chi connectivity index (χ4v) is 4.40. The van der Waals surface area contributed by atoms with Crippen LogP contribution in [-0.2, 0) is 6.42 Å². The van der Waals surface area contributed by atoms with Gasteiger partial charge < -0.3 is 5.32 Å². The monoisotopic (exact) mass is 260 g/mol. The van der Waals surface area contributed by atoms with E-state index in [2.05, 4.69) is 10.2 Å². The smallest absolute Gasteiger partial charge is 0.123 e. The fourth-order valence-electron chi connectivity index (χ4n) is 4.40. The van der Waals surface area contributed by atoms with Gasteiger partial charge in [-0.3, -0.25) is 4.90 Å². The van der Waals surface area contributed by atoms with Gasteiger partial charge in [0.2, 0.25) is 0 Å². The molecule has 3 unspecified atom stereocenters. The second-order valence-electron chi connectivity index (χ2n) is 6.26. The first kappa shape index (κ1) is 11.9. The molecular weight excluding hydrogens is 239 g/mol. The van der Waals surface area contributed by atoms with Crippen LogP contribution >= 0.6 is 0 Å². The number of benzene rings is 1. The molecule has 2 saturated heterocycles. The highest BCUT2D eigenvalue weighted by Crippen LogP contribution is 2.41. The summed E-state index contributed by atoms with van der Waals surface area (Å²) in [7, 11) is 0. The summed E-state index contributed by atoms with van der Waals surface area (Å²) in [5, 5.41) is 3.55. The molecule has 1 aliphatic carbocycles. The van der Waals surface area contributed by atoms with Crippen molar-refractivity contribution in [2.75, 3.05) is 19.6 Å². The van der Waals surface area contributed by atoms with Crippen molar-refractivity contribution >= 4 is 0 Å². The molecule has 3 atom stereocenters. The van der Waals surface area contributed by atoms with Crippen molar-refractivity contribution in [2.45, 2.75) is 37.8 Å². The lowest BCUT2D eigenvalue weighted by molar-refractivity contribution is 0.0771. The molecule has 0 radical (unpaired) electrons. The van der Waals surface area contributed by atoms with E-state index in [1.54, 1.807) is 12.1 Å². The van der Waals surface area contributed by atoms with Crippen LogP contribution in [0.2, 0.25) is 0 Å². The van der Waals surface area contributed by atoms with E-state index >= 15 is 0 Å². The minimum atomic E-state index is -0.0848. The van der Waals surface area contributed by atoms with E-state index < -0.39 is 0 Å². The van der Waals surface area contributed by atoms with E-state index in [1.165, 1.54) is 43.5 Å². The molecule has 0 saturated carbocycles. The van der Waals surface area contributed by atoms with E-state index in [0.29, 0.717) is 12.1 Å². The fraction of sp³-hybridized carbons (Fsp3) is 0.625. The lowest BCUT2D eigenvalue weighted by atomic mass is 9.89. The molecule has 1 aromatic rings. The molecule has 102 valence electrons. The Balaban J connectivity index is 1.64. The Kier molecular flexibility index (Phi) is 2.85. The highest BCUT2D eigenvalue weighted by molar-refractivity contribution is 5.35. The minimum absolute atomic E-state index is 0.0848. The van der Waals surface area contributed by atoms with E-state index in [9.17, 15) is 4.39 Å². The number of piperidine rings is 1. The first-order valence-corrected chi connectivity index (χ1v) is 7.58. The van der Waals surface area contributed by atoms with Crippen LogP contribution in [0.4, 0.5) is 4.39 Å². The van der Waals surface area contributed by atoms with Crippen LogP contribution in [-0.4, -0.2) is 30.6 Å². The van der Waals surface area contributed by atoms with E-state index in [-0.39, 0.29) is 5.82 Å². The number of halogens is 1. The zero-order valence-corrected chi connectivity index (χ0v) is 11.2. The number of nitrogens with zero attached hydrogens (tertiary/aromatic N) is 1. The van der Waals surface area contributed by atoms with Gasteiger partial charge in [0.15, 0.2) is 0 Å². The van der Waals surface area contributed by atoms with Gasteiger partial charge in [0.25, 0.3) is 0 Å². The zero-order chi connectivity index (χ0) is 12.8. The Hall–Kier alpha value is -0.930. The number of hydrogen-bond donors (Lipinski definition) is 1. The van der Waals surface area contributed by atoms with Gasteiger partial charge in [-0.05, 0) is 68.0 Å². The lowest BCUT2D eigenvalue weighted by Crippen LogP contribution is -2.46. The highest BCUT2D eigenvalue weighted by atomic mass is 19.1. The molecular formula is C16H21FN2. The van der Waals surface area contributed by atoms with E-state index in [0.717, 1.165) is 18.9 Å². The van der Waals surface area contributed by atoms with Crippen LogP contribution in [0.3, 0.4) is 0 Å². The predicted octanol–water partition coefficient (Wildman–Crippen LogP) is 2.50. The summed E-state index contributed by atoms with van der Waals surface area (Å²) < 4.78 is 13.3. The largest absolute Gasteiger partial charge is 0.315 e. The van der Waals surface area contributed by atoms with Gasteiger partial charge in [0, 0.05) is 18.6 Å². The summed E-state index contributed by atoms with van der Waals surface area (Å²) in [6, 6.07) is 6.63. The number of aryl methyl sites for hydroxylation is 1. The standard InChI is InChI=1S/C16H21FN2/c17-13-4-5-14-11(8-13)3-6-15(14)19-7-1-2-12-9-18-10-16(12)19/h4-5,8,12,15-16,18H,1-3,6-7,9-10H2. The van der Waals surface area contributed by atoms with Crippen molar-refractivity contribution in [3.8, 4) is 0 Å². The molecule has 2 fully saturated rings. The highest BCUT2D eigenvalue weighted by Gasteiger charge is 2.40. The molecule has 0 spiro atoms. The Bertz CT molecular complexity index is 488. The maximum atomic E-state index is 13.3. The van der Waals surface area contributed by atoms with Crippen LogP contribution in [0.25, 0.3) is 0 Å². The van der Waals surface area contributed by atoms with Crippen molar-refractivity contribution in [3.63, 3.8) is 0 Å². The SMILES string of the molecule is Fc1ccc2c(c1)CCC2N1CCCC2CNCC21. The van der Waals surface area contributed by atoms with Gasteiger partial charge in [-0.15, -0.1) is 0 Å². The van der Waals surface area contributed by atoms with Gasteiger partial charge in [0.1, 0.15) is 5.82 Å². The maximum absolute atomic E-state index is 13.3. The first-order valence-electron chi connectivity index (χ1n) is 7.58. The third kappa shape index (κ3) is 1.91. The second-order valence-corrected chi connectivity index (χ2v) is 6.26. The number of rotatable bonds is 1. The first-order chi connectivity index (χ1) is 9.33. The van der Waals surface area contributed by atoms with E-state index in [4.69, 9.17) is 0 Å². The molecule has 3 aliphatic rings. The van der Waals surface area contributed by atoms with Gasteiger partial charge in [0.05, 0.1) is 0 Å². The Morgan fingerprint density at radius 2 is 2.16 bits per heavy atom. The summed E-state index contributed by atoms with van der Waals surface area (Å²) >= 11 is 0. The molecule has 0 bridgehead atoms. The quantitative estimate of drug-likeness (QED) is 0.834. The van der Waals surface area contributed by atoms with Crippen molar-refractivity contribution in [1.29, 1.82) is 0 Å². The minimum Gasteiger partial charge on any atom is -0.315 e. The van der Waals surface area contributed by atoms with Gasteiger partial charge >= 0.3 is 0 Å². The maximum Gasteiger partial charge on any atom is 0.123 e. The van der Waals surface area contributed by atoms with Crippen LogP contribution in [0.1, 0.15) is 36.4 Å². The van der Waals surface area contributed by atoms with Gasteiger partial charge in [-0.2, -0.15) is 0 Å². The van der Waals surface area contributed by atoms with Crippen molar-refractivity contribution < 1.29 is 4.39 Å². The number of likely N-dealkylation sites (tertiary alicyclic amines) is 1. The van der Waals surface area contributed by atoms with Crippen molar-refractivity contribution in [3.05, 3.63) is 35.1 Å². The summed E-state index contributed by atoms with van der Waals surface area (Å²) in [5.41, 5.74) is 2.62. The molecule has 2 heterocycles. The third-order valence-corrected chi connectivity index (χ3v) is 5.27. The van der Waals surface area contributed by atoms with Gasteiger partial charge in [-0.25, -0.2) is 4.39 Å². The molecule has 0 aromatic heterocycles. The second kappa shape index (κ2) is 4.57. The summed E-state index contributed by atoms with van der Waals surface area (Å²) in [5.74, 6) is 0.747. The van der Waals surface area contributed by atoms with Crippen LogP contribution in [0.5, 0.6) is 0 Å². The van der Waals surface area contributed by atoms with E-state index in [1.807, 2.05) is 6.07 Å². The molecule has 1 aromatic carbocycles. The summed E-state index contributed by atoms with van der Waals surface area (Å²) in [6.45, 7) is 3.53. The summed E-state index contributed by atoms with van der Waals surface area (Å²) in [6.07, 6.45) is 4.90. The van der Waals surface area contributed by atoms with Crippen LogP contribution < -0.4 is 5.32 Å². The van der Waals surface area contributed by atoms with Gasteiger partial charge in [-0.1, -0.05) is 6.07 Å². The number of nitrogens with one attached hydrogen (secondary N) is 1. The number of fused-ring (bicyclic) bond motifs is 2. The Morgan fingerprint density at radius 1 is 1.21 bits per heavy atom. The zero-order valence-electron chi connectivity index (χ0n) is 11.2. The third-order valence-electron chi connectivity index (χ3n) is 5.27. The average Bonchev–Trinajstić information content (AvgIpc) is 3.03. The van der Waals surface area contributed by atoms with Crippen LogP contribution in [0.15, 0.2) is 18.2 Å².